The molecule has 19 heavy (non-hydrogen) atoms. The summed E-state index contributed by atoms with van der Waals surface area (Å²) in [4.78, 5) is 2.28. The monoisotopic (exact) mass is 292 g/mol. The second kappa shape index (κ2) is 11.8. The van der Waals surface area contributed by atoms with Crippen molar-refractivity contribution < 1.29 is 13.3 Å². The van der Waals surface area contributed by atoms with Crippen LogP contribution >= 0.6 is 0 Å². The molecule has 1 heterocycles. The van der Waals surface area contributed by atoms with Gasteiger partial charge in [0.2, 0.25) is 0 Å². The van der Waals surface area contributed by atoms with Gasteiger partial charge in [-0.05, 0) is 47.7 Å². The number of rotatable bonds is 8. The Morgan fingerprint density at radius 3 is 1.63 bits per heavy atom. The van der Waals surface area contributed by atoms with Crippen LogP contribution in [0.5, 0.6) is 0 Å². The highest BCUT2D eigenvalue weighted by Gasteiger charge is 2.24. The summed E-state index contributed by atoms with van der Waals surface area (Å²) in [6.07, 6.45) is 0. The molecule has 1 fully saturated rings. The van der Waals surface area contributed by atoms with Gasteiger partial charge in [0.15, 0.2) is 0 Å². The minimum atomic E-state index is -1.73. The maximum atomic E-state index is 5.22. The summed E-state index contributed by atoms with van der Waals surface area (Å²) >= 11 is 0. The lowest BCUT2D eigenvalue weighted by molar-refractivity contribution is 0.107. The normalized spacial score (nSPS) is 17.1. The average molecular weight is 292 g/mol. The molecule has 6 heteroatoms. The Morgan fingerprint density at radius 2 is 1.47 bits per heavy atom. The van der Waals surface area contributed by atoms with Gasteiger partial charge in [0.1, 0.15) is 0 Å². The van der Waals surface area contributed by atoms with Gasteiger partial charge < -0.3 is 23.5 Å². The predicted octanol–water partition coefficient (Wildman–Crippen LogP) is 0.969. The van der Waals surface area contributed by atoms with Crippen LogP contribution in [0.2, 0.25) is 0 Å². The molecule has 0 spiro atoms. The first-order valence-corrected chi connectivity index (χ1v) is 8.70. The molecule has 1 unspecified atom stereocenters. The van der Waals surface area contributed by atoms with Gasteiger partial charge in [-0.1, -0.05) is 0 Å². The molecule has 0 amide bonds. The van der Waals surface area contributed by atoms with Crippen LogP contribution in [0.4, 0.5) is 0 Å². The van der Waals surface area contributed by atoms with Crippen LogP contribution in [-0.2, 0) is 13.3 Å². The molecule has 0 radical (unpaired) electrons. The summed E-state index contributed by atoms with van der Waals surface area (Å²) < 4.78 is 15.7. The highest BCUT2D eigenvalue weighted by molar-refractivity contribution is 6.36. The highest BCUT2D eigenvalue weighted by atomic mass is 28.3. The van der Waals surface area contributed by atoms with E-state index >= 15 is 0 Å². The number of hydrogen-bond donors (Lipinski definition) is 1. The van der Waals surface area contributed by atoms with Crippen LogP contribution in [-0.4, -0.2) is 67.5 Å². The largest absolute Gasteiger partial charge is 0.484 e. The standard InChI is InChI=1S/C7H16N2.C6H16O3Si/c1-6(9(2)3)7-4-8-5-7;1-4-7-10(8-5-2)9-6-3/h6-8H,4-5H2,1-3H3;10H,4-6H2,1-3H3. The fraction of sp³-hybridized carbons (Fsp3) is 1.00. The predicted molar refractivity (Wildman–Crippen MR) is 81.5 cm³/mol. The van der Waals surface area contributed by atoms with Gasteiger partial charge in [-0.3, -0.25) is 0 Å². The number of nitrogens with one attached hydrogen (secondary N) is 1. The third kappa shape index (κ3) is 8.72. The Labute approximate surface area is 120 Å². The molecule has 1 N–H and O–H groups in total. The second-order valence-electron chi connectivity index (χ2n) is 4.78. The summed E-state index contributed by atoms with van der Waals surface area (Å²) in [5, 5.41) is 3.27. The fourth-order valence-electron chi connectivity index (χ4n) is 1.63. The van der Waals surface area contributed by atoms with Gasteiger partial charge >= 0.3 is 9.53 Å². The molecule has 0 aromatic carbocycles. The van der Waals surface area contributed by atoms with Crippen LogP contribution in [0.1, 0.15) is 27.7 Å². The summed E-state index contributed by atoms with van der Waals surface area (Å²) in [7, 11) is 2.55. The van der Waals surface area contributed by atoms with Gasteiger partial charge in [-0.2, -0.15) is 0 Å². The van der Waals surface area contributed by atoms with E-state index in [0.29, 0.717) is 19.8 Å². The van der Waals surface area contributed by atoms with Gasteiger partial charge in [0.25, 0.3) is 0 Å². The van der Waals surface area contributed by atoms with Crippen molar-refractivity contribution in [3.8, 4) is 0 Å². The topological polar surface area (TPSA) is 43.0 Å². The van der Waals surface area contributed by atoms with Crippen LogP contribution in [0.15, 0.2) is 0 Å². The van der Waals surface area contributed by atoms with E-state index in [1.807, 2.05) is 20.8 Å². The zero-order valence-electron chi connectivity index (χ0n) is 13.4. The Kier molecular flexibility index (Phi) is 11.8. The van der Waals surface area contributed by atoms with E-state index in [1.54, 1.807) is 0 Å². The van der Waals surface area contributed by atoms with E-state index in [-0.39, 0.29) is 0 Å². The third-order valence-corrected chi connectivity index (χ3v) is 5.03. The van der Waals surface area contributed by atoms with Crippen molar-refractivity contribution in [1.29, 1.82) is 0 Å². The van der Waals surface area contributed by atoms with Crippen molar-refractivity contribution >= 4 is 9.53 Å². The van der Waals surface area contributed by atoms with E-state index in [1.165, 1.54) is 13.1 Å². The van der Waals surface area contributed by atoms with Crippen molar-refractivity contribution in [2.45, 2.75) is 33.7 Å². The lowest BCUT2D eigenvalue weighted by atomic mass is 9.95. The molecule has 5 nitrogen and oxygen atoms in total. The summed E-state index contributed by atoms with van der Waals surface area (Å²) in [6, 6.07) is 0.742. The number of nitrogens with zero attached hydrogens (tertiary/aromatic N) is 1. The molecule has 0 bridgehead atoms. The molecule has 1 aliphatic rings. The number of hydrogen-bond acceptors (Lipinski definition) is 5. The van der Waals surface area contributed by atoms with Gasteiger partial charge in [-0.25, -0.2) is 0 Å². The Morgan fingerprint density at radius 1 is 1.05 bits per heavy atom. The van der Waals surface area contributed by atoms with Gasteiger partial charge in [-0.15, -0.1) is 0 Å². The quantitative estimate of drug-likeness (QED) is 0.675. The third-order valence-electron chi connectivity index (χ3n) is 3.22. The lowest BCUT2D eigenvalue weighted by Gasteiger charge is -2.36. The van der Waals surface area contributed by atoms with Crippen molar-refractivity contribution in [2.75, 3.05) is 47.0 Å². The minimum Gasteiger partial charge on any atom is -0.376 e. The maximum absolute atomic E-state index is 5.22. The van der Waals surface area contributed by atoms with Crippen molar-refractivity contribution in [1.82, 2.24) is 10.2 Å². The Hall–Kier alpha value is 0.0169. The molecule has 0 aliphatic carbocycles. The van der Waals surface area contributed by atoms with Crippen LogP contribution in [0, 0.1) is 5.92 Å². The zero-order chi connectivity index (χ0) is 14.7. The SMILES string of the molecule is CC(C1CNC1)N(C)C.CCO[SiH](OCC)OCC. The van der Waals surface area contributed by atoms with Crippen LogP contribution in [0.25, 0.3) is 0 Å². The smallest absolute Gasteiger partial charge is 0.376 e. The molecule has 0 aromatic rings. The van der Waals surface area contributed by atoms with Gasteiger partial charge in [0.05, 0.1) is 0 Å². The molecule has 1 aliphatic heterocycles. The lowest BCUT2D eigenvalue weighted by Crippen LogP contribution is -2.51. The zero-order valence-corrected chi connectivity index (χ0v) is 14.6. The van der Waals surface area contributed by atoms with Crippen molar-refractivity contribution in [2.24, 2.45) is 5.92 Å². The summed E-state index contributed by atoms with van der Waals surface area (Å²) in [6.45, 7) is 12.6. The van der Waals surface area contributed by atoms with Crippen LogP contribution < -0.4 is 5.32 Å². The molecule has 0 saturated carbocycles. The van der Waals surface area contributed by atoms with Crippen LogP contribution in [0.3, 0.4) is 0 Å². The summed E-state index contributed by atoms with van der Waals surface area (Å²) in [5.74, 6) is 0.889. The minimum absolute atomic E-state index is 0.677. The molecule has 116 valence electrons. The van der Waals surface area contributed by atoms with E-state index in [9.17, 15) is 0 Å². The first kappa shape index (κ1) is 19.0. The molecule has 1 atom stereocenters. The average Bonchev–Trinajstić information content (AvgIpc) is 2.28. The second-order valence-corrected chi connectivity index (χ2v) is 6.35. The van der Waals surface area contributed by atoms with Crippen molar-refractivity contribution in [3.63, 3.8) is 0 Å². The molecule has 1 saturated heterocycles. The molecular formula is C13H32N2O3Si. The molecular weight excluding hydrogens is 260 g/mol. The maximum Gasteiger partial charge on any atom is 0.484 e. The van der Waals surface area contributed by atoms with E-state index in [2.05, 4.69) is 31.2 Å². The fourth-order valence-corrected chi connectivity index (χ4v) is 2.73. The van der Waals surface area contributed by atoms with E-state index < -0.39 is 9.53 Å². The van der Waals surface area contributed by atoms with E-state index in [0.717, 1.165) is 12.0 Å². The first-order valence-electron chi connectivity index (χ1n) is 7.28. The molecule has 1 rings (SSSR count). The first-order chi connectivity index (χ1) is 9.06. The Balaban J connectivity index is 0.000000342. The van der Waals surface area contributed by atoms with Gasteiger partial charge in [0, 0.05) is 39.0 Å². The molecule has 0 aromatic heterocycles. The highest BCUT2D eigenvalue weighted by Crippen LogP contribution is 2.11. The van der Waals surface area contributed by atoms with E-state index in [4.69, 9.17) is 13.3 Å². The van der Waals surface area contributed by atoms with Crippen molar-refractivity contribution in [3.05, 3.63) is 0 Å². The summed E-state index contributed by atoms with van der Waals surface area (Å²) in [5.41, 5.74) is 0. The Bertz CT molecular complexity index is 190.